The van der Waals surface area contributed by atoms with Crippen molar-refractivity contribution in [2.24, 2.45) is 0 Å². The van der Waals surface area contributed by atoms with E-state index < -0.39 is 46.4 Å². The van der Waals surface area contributed by atoms with Gasteiger partial charge in [0, 0.05) is 0 Å². The highest BCUT2D eigenvalue weighted by Crippen LogP contribution is 2.39. The third-order valence-corrected chi connectivity index (χ3v) is 5.14. The van der Waals surface area contributed by atoms with E-state index in [9.17, 15) is 32.3 Å². The number of hydrogen-bond acceptors (Lipinski definition) is 5. The number of pyridine rings is 1. The van der Waals surface area contributed by atoms with Gasteiger partial charge in [0.25, 0.3) is 5.56 Å². The summed E-state index contributed by atoms with van der Waals surface area (Å²) in [6.45, 7) is 1.35. The lowest BCUT2D eigenvalue weighted by Crippen LogP contribution is -2.34. The molecule has 1 atom stereocenters. The molecule has 6 nitrogen and oxygen atoms in total. The number of anilines is 1. The Bertz CT molecular complexity index is 1250. The van der Waals surface area contributed by atoms with Gasteiger partial charge in [0.05, 0.1) is 41.3 Å². The van der Waals surface area contributed by atoms with Gasteiger partial charge >= 0.3 is 12.1 Å². The van der Waals surface area contributed by atoms with Crippen LogP contribution in [0.2, 0.25) is 0 Å². The van der Waals surface area contributed by atoms with Crippen LogP contribution in [0.3, 0.4) is 0 Å². The zero-order valence-electron chi connectivity index (χ0n) is 16.1. The van der Waals surface area contributed by atoms with Gasteiger partial charge in [-0.2, -0.15) is 13.2 Å². The van der Waals surface area contributed by atoms with Gasteiger partial charge in [-0.25, -0.2) is 9.18 Å². The van der Waals surface area contributed by atoms with Crippen molar-refractivity contribution < 1.29 is 32.2 Å². The first-order valence-corrected chi connectivity index (χ1v) is 9.32. The highest BCUT2D eigenvalue weighted by atomic mass is 19.4. The number of esters is 1. The third-order valence-electron chi connectivity index (χ3n) is 5.14. The number of carbonyl (C=O) groups is 1. The molecule has 162 valence electrons. The first-order chi connectivity index (χ1) is 14.6. The van der Waals surface area contributed by atoms with Gasteiger partial charge in [0.1, 0.15) is 11.6 Å². The minimum absolute atomic E-state index is 0.0544. The summed E-state index contributed by atoms with van der Waals surface area (Å²) in [5.41, 5.74) is -1.60. The Hall–Kier alpha value is -3.56. The minimum atomic E-state index is -4.49. The molecule has 4 rings (SSSR count). The monoisotopic (exact) mass is 436 g/mol. The number of hydrogen-bond donors (Lipinski definition) is 2. The van der Waals surface area contributed by atoms with E-state index in [-0.39, 0.29) is 29.7 Å². The molecule has 0 amide bonds. The first-order valence-electron chi connectivity index (χ1n) is 9.32. The third kappa shape index (κ3) is 3.37. The van der Waals surface area contributed by atoms with Crippen LogP contribution >= 0.6 is 0 Å². The fourth-order valence-corrected chi connectivity index (χ4v) is 3.72. The summed E-state index contributed by atoms with van der Waals surface area (Å²) in [4.78, 5) is 25.3. The molecule has 3 aromatic rings. The number of benzene rings is 2. The van der Waals surface area contributed by atoms with Gasteiger partial charge in [0.2, 0.25) is 0 Å². The van der Waals surface area contributed by atoms with E-state index in [1.54, 1.807) is 0 Å². The molecule has 2 aromatic carbocycles. The lowest BCUT2D eigenvalue weighted by Gasteiger charge is -2.30. The van der Waals surface area contributed by atoms with E-state index >= 15 is 0 Å². The molecule has 0 radical (unpaired) electrons. The highest BCUT2D eigenvalue weighted by Gasteiger charge is 2.32. The van der Waals surface area contributed by atoms with Crippen LogP contribution in [0, 0.1) is 5.82 Å². The van der Waals surface area contributed by atoms with Crippen LogP contribution in [0.15, 0.2) is 41.2 Å². The van der Waals surface area contributed by atoms with E-state index in [1.165, 1.54) is 25.1 Å². The standard InChI is InChI=1S/C21H16F4N2O4/c1-2-31-20(30)16-18(28)15-12(22)7-8-13-17(15)27(19(16)29)9-14(26-13)10-3-5-11(6-4-10)21(23,24)25/h3-8,14,26,28H,2,9H2,1H3. The molecule has 31 heavy (non-hydrogen) atoms. The number of halogens is 4. The first kappa shape index (κ1) is 20.7. The van der Waals surface area contributed by atoms with Crippen molar-refractivity contribution >= 4 is 22.6 Å². The largest absolute Gasteiger partial charge is 0.506 e. The van der Waals surface area contributed by atoms with Crippen molar-refractivity contribution in [3.05, 3.63) is 69.3 Å². The predicted molar refractivity (Wildman–Crippen MR) is 104 cm³/mol. The number of ether oxygens (including phenoxy) is 1. The molecule has 0 spiro atoms. The van der Waals surface area contributed by atoms with Gasteiger partial charge in [-0.3, -0.25) is 4.79 Å². The van der Waals surface area contributed by atoms with E-state index in [2.05, 4.69) is 5.32 Å². The Morgan fingerprint density at radius 3 is 2.52 bits per heavy atom. The Morgan fingerprint density at radius 2 is 1.90 bits per heavy atom. The summed E-state index contributed by atoms with van der Waals surface area (Å²) >= 11 is 0. The van der Waals surface area contributed by atoms with Crippen molar-refractivity contribution in [1.82, 2.24) is 4.57 Å². The van der Waals surface area contributed by atoms with Gasteiger partial charge < -0.3 is 19.7 Å². The second-order valence-corrected chi connectivity index (χ2v) is 7.00. The van der Waals surface area contributed by atoms with Gasteiger partial charge in [-0.15, -0.1) is 0 Å². The van der Waals surface area contributed by atoms with Gasteiger partial charge in [-0.1, -0.05) is 12.1 Å². The summed E-state index contributed by atoms with van der Waals surface area (Å²) < 4.78 is 59.1. The number of carbonyl (C=O) groups excluding carboxylic acids is 1. The average molecular weight is 436 g/mol. The number of alkyl halides is 3. The molecule has 2 N–H and O–H groups in total. The quantitative estimate of drug-likeness (QED) is 0.475. The number of nitrogens with one attached hydrogen (secondary N) is 1. The summed E-state index contributed by atoms with van der Waals surface area (Å²) in [6, 6.07) is 6.19. The Kier molecular flexibility index (Phi) is 4.87. The number of aromatic nitrogens is 1. The molecule has 1 aliphatic rings. The molecule has 0 saturated carbocycles. The second kappa shape index (κ2) is 7.29. The summed E-state index contributed by atoms with van der Waals surface area (Å²) in [7, 11) is 0. The number of nitrogens with zero attached hydrogens (tertiary/aromatic N) is 1. The molecule has 10 heteroatoms. The number of rotatable bonds is 3. The van der Waals surface area contributed by atoms with Crippen LogP contribution < -0.4 is 10.9 Å². The summed E-state index contributed by atoms with van der Waals surface area (Å²) in [6.07, 6.45) is -4.49. The molecule has 0 saturated heterocycles. The van der Waals surface area contributed by atoms with Crippen molar-refractivity contribution in [1.29, 1.82) is 0 Å². The van der Waals surface area contributed by atoms with E-state index in [1.807, 2.05) is 0 Å². The lowest BCUT2D eigenvalue weighted by molar-refractivity contribution is -0.137. The maximum atomic E-state index is 14.5. The zero-order valence-corrected chi connectivity index (χ0v) is 16.1. The second-order valence-electron chi connectivity index (χ2n) is 7.00. The summed E-state index contributed by atoms with van der Waals surface area (Å²) in [5.74, 6) is -2.75. The van der Waals surface area contributed by atoms with Crippen LogP contribution in [0.5, 0.6) is 5.75 Å². The molecular formula is C21H16F4N2O4. The van der Waals surface area contributed by atoms with Crippen LogP contribution in [-0.4, -0.2) is 22.2 Å². The molecule has 1 unspecified atom stereocenters. The van der Waals surface area contributed by atoms with E-state index in [0.717, 1.165) is 22.8 Å². The Balaban J connectivity index is 1.87. The molecule has 1 aliphatic heterocycles. The van der Waals surface area contributed by atoms with E-state index in [4.69, 9.17) is 4.74 Å². The predicted octanol–water partition coefficient (Wildman–Crippen LogP) is 4.21. The zero-order chi connectivity index (χ0) is 22.5. The van der Waals surface area contributed by atoms with Crippen molar-refractivity contribution in [3.63, 3.8) is 0 Å². The summed E-state index contributed by atoms with van der Waals surface area (Å²) in [5, 5.41) is 13.2. The van der Waals surface area contributed by atoms with Gasteiger partial charge in [0.15, 0.2) is 5.56 Å². The maximum absolute atomic E-state index is 14.5. The highest BCUT2D eigenvalue weighted by molar-refractivity contribution is 6.03. The lowest BCUT2D eigenvalue weighted by atomic mass is 9.99. The molecule has 0 bridgehead atoms. The van der Waals surface area contributed by atoms with Crippen LogP contribution in [-0.2, 0) is 17.5 Å². The van der Waals surface area contributed by atoms with E-state index in [0.29, 0.717) is 5.56 Å². The normalized spacial score (nSPS) is 15.6. The van der Waals surface area contributed by atoms with Crippen LogP contribution in [0.1, 0.15) is 34.5 Å². The molecule has 1 aromatic heterocycles. The fraction of sp³-hybridized carbons (Fsp3) is 0.238. The van der Waals surface area contributed by atoms with Crippen LogP contribution in [0.25, 0.3) is 10.9 Å². The number of aromatic hydroxyl groups is 1. The molecule has 0 fully saturated rings. The molecule has 0 aliphatic carbocycles. The Labute approximate surface area is 172 Å². The smallest absolute Gasteiger partial charge is 0.416 e. The topological polar surface area (TPSA) is 80.6 Å². The van der Waals surface area contributed by atoms with Crippen molar-refractivity contribution in [2.75, 3.05) is 11.9 Å². The molecule has 2 heterocycles. The minimum Gasteiger partial charge on any atom is -0.506 e. The van der Waals surface area contributed by atoms with Crippen molar-refractivity contribution in [3.8, 4) is 5.75 Å². The fourth-order valence-electron chi connectivity index (χ4n) is 3.72. The SMILES string of the molecule is CCOC(=O)c1c(O)c2c(F)ccc3c2n(c1=O)CC(c1ccc(C(F)(F)F)cc1)N3. The maximum Gasteiger partial charge on any atom is 0.416 e. The van der Waals surface area contributed by atoms with Crippen molar-refractivity contribution in [2.45, 2.75) is 25.7 Å². The molecular weight excluding hydrogens is 420 g/mol. The van der Waals surface area contributed by atoms with Crippen LogP contribution in [0.4, 0.5) is 23.2 Å². The Morgan fingerprint density at radius 1 is 1.23 bits per heavy atom. The average Bonchev–Trinajstić information content (AvgIpc) is 2.72. The van der Waals surface area contributed by atoms with Gasteiger partial charge in [-0.05, 0) is 36.8 Å².